The molecule has 0 amide bonds. The number of hydrogen-bond acceptors (Lipinski definition) is 2. The summed E-state index contributed by atoms with van der Waals surface area (Å²) in [5.41, 5.74) is 1.61. The number of aromatic nitrogens is 2. The Kier molecular flexibility index (Phi) is 3.92. The smallest absolute Gasteiger partial charge is 0.141 e. The van der Waals surface area contributed by atoms with Crippen molar-refractivity contribution in [1.29, 1.82) is 0 Å². The Morgan fingerprint density at radius 3 is 2.78 bits per heavy atom. The molecule has 0 saturated heterocycles. The minimum absolute atomic E-state index is 0.263. The molecule has 0 aliphatic carbocycles. The van der Waals surface area contributed by atoms with Gasteiger partial charge >= 0.3 is 0 Å². The third kappa shape index (κ3) is 2.67. The van der Waals surface area contributed by atoms with Gasteiger partial charge in [0.15, 0.2) is 0 Å². The largest absolute Gasteiger partial charge is 0.489 e. The average Bonchev–Trinajstić information content (AvgIpc) is 2.56. The lowest BCUT2D eigenvalue weighted by Gasteiger charge is -2.06. The van der Waals surface area contributed by atoms with Gasteiger partial charge in [-0.15, -0.1) is 0 Å². The molecule has 0 N–H and O–H groups in total. The molecule has 0 spiro atoms. The molecule has 3 nitrogen and oxygen atoms in total. The van der Waals surface area contributed by atoms with Gasteiger partial charge in [-0.1, -0.05) is 11.6 Å². The fourth-order valence-corrected chi connectivity index (χ4v) is 2.04. The van der Waals surface area contributed by atoms with Crippen molar-refractivity contribution in [1.82, 2.24) is 9.78 Å². The zero-order chi connectivity index (χ0) is 13.3. The third-order valence-corrected chi connectivity index (χ3v) is 3.66. The van der Waals surface area contributed by atoms with E-state index in [1.807, 2.05) is 6.92 Å². The molecule has 0 aliphatic rings. The number of rotatable bonds is 3. The van der Waals surface area contributed by atoms with E-state index in [-0.39, 0.29) is 12.4 Å². The van der Waals surface area contributed by atoms with Gasteiger partial charge in [0, 0.05) is 18.7 Å². The van der Waals surface area contributed by atoms with E-state index < -0.39 is 0 Å². The van der Waals surface area contributed by atoms with Crippen molar-refractivity contribution < 1.29 is 9.13 Å². The Hall–Kier alpha value is -1.07. The van der Waals surface area contributed by atoms with Gasteiger partial charge in [-0.25, -0.2) is 4.39 Å². The minimum atomic E-state index is -0.360. The van der Waals surface area contributed by atoms with Crippen LogP contribution in [0.4, 0.5) is 4.39 Å². The zero-order valence-corrected chi connectivity index (χ0v) is 12.2. The van der Waals surface area contributed by atoms with Crippen LogP contribution in [0.3, 0.4) is 0 Å². The molecule has 0 aliphatic heterocycles. The molecule has 0 unspecified atom stereocenters. The maximum absolute atomic E-state index is 13.3. The van der Waals surface area contributed by atoms with Crippen LogP contribution < -0.4 is 4.74 Å². The van der Waals surface area contributed by atoms with Crippen LogP contribution in [-0.4, -0.2) is 9.78 Å². The van der Waals surface area contributed by atoms with Crippen molar-refractivity contribution in [3.8, 4) is 5.75 Å². The van der Waals surface area contributed by atoms with Crippen molar-refractivity contribution in [2.24, 2.45) is 7.05 Å². The fraction of sp³-hybridized carbons (Fsp3) is 0.250. The Bertz CT molecular complexity index is 586. The number of benzene rings is 1. The second-order valence-electron chi connectivity index (χ2n) is 3.84. The summed E-state index contributed by atoms with van der Waals surface area (Å²) >= 11 is 9.16. The Labute approximate surface area is 118 Å². The molecule has 0 fully saturated rings. The fourth-order valence-electron chi connectivity index (χ4n) is 1.56. The average molecular weight is 334 g/mol. The first-order chi connectivity index (χ1) is 8.49. The zero-order valence-electron chi connectivity index (χ0n) is 9.88. The molecular weight excluding hydrogens is 322 g/mol. The van der Waals surface area contributed by atoms with Gasteiger partial charge in [-0.05, 0) is 35.0 Å². The van der Waals surface area contributed by atoms with Crippen molar-refractivity contribution in [2.75, 3.05) is 0 Å². The van der Waals surface area contributed by atoms with E-state index in [9.17, 15) is 4.39 Å². The highest BCUT2D eigenvalue weighted by molar-refractivity contribution is 9.10. The van der Waals surface area contributed by atoms with Crippen molar-refractivity contribution in [2.45, 2.75) is 13.5 Å². The summed E-state index contributed by atoms with van der Waals surface area (Å²) < 4.78 is 20.8. The van der Waals surface area contributed by atoms with Gasteiger partial charge in [-0.3, -0.25) is 4.68 Å². The maximum atomic E-state index is 13.3. The van der Waals surface area contributed by atoms with E-state index in [1.165, 1.54) is 6.07 Å². The van der Waals surface area contributed by atoms with Crippen LogP contribution in [0, 0.1) is 12.7 Å². The van der Waals surface area contributed by atoms with E-state index >= 15 is 0 Å². The van der Waals surface area contributed by atoms with Gasteiger partial charge in [0.2, 0.25) is 0 Å². The van der Waals surface area contributed by atoms with Gasteiger partial charge in [0.25, 0.3) is 0 Å². The topological polar surface area (TPSA) is 27.1 Å². The predicted molar refractivity (Wildman–Crippen MR) is 71.4 cm³/mol. The quantitative estimate of drug-likeness (QED) is 0.853. The second kappa shape index (κ2) is 5.28. The Morgan fingerprint density at radius 2 is 2.22 bits per heavy atom. The maximum Gasteiger partial charge on any atom is 0.141 e. The Balaban J connectivity index is 2.14. The highest BCUT2D eigenvalue weighted by Crippen LogP contribution is 2.24. The summed E-state index contributed by atoms with van der Waals surface area (Å²) in [5.74, 6) is 0.0940. The summed E-state index contributed by atoms with van der Waals surface area (Å²) in [7, 11) is 1.76. The van der Waals surface area contributed by atoms with Crippen LogP contribution in [0.5, 0.6) is 5.75 Å². The van der Waals surface area contributed by atoms with Gasteiger partial charge in [0.1, 0.15) is 23.3 Å². The summed E-state index contributed by atoms with van der Waals surface area (Å²) in [5, 5.41) is 4.71. The summed E-state index contributed by atoms with van der Waals surface area (Å²) in [6.45, 7) is 2.12. The lowest BCUT2D eigenvalue weighted by Crippen LogP contribution is -1.97. The molecule has 0 radical (unpaired) electrons. The highest BCUT2D eigenvalue weighted by Gasteiger charge is 2.12. The van der Waals surface area contributed by atoms with E-state index in [4.69, 9.17) is 16.3 Å². The van der Waals surface area contributed by atoms with Crippen molar-refractivity contribution >= 4 is 27.5 Å². The number of hydrogen-bond donors (Lipinski definition) is 0. The van der Waals surface area contributed by atoms with Gasteiger partial charge in [-0.2, -0.15) is 5.10 Å². The molecule has 0 saturated carbocycles. The van der Waals surface area contributed by atoms with E-state index in [0.29, 0.717) is 15.4 Å². The molecule has 96 valence electrons. The SMILES string of the molecule is Cc1nn(C)c(Cl)c1COc1ccc(Br)c(F)c1. The van der Waals surface area contributed by atoms with Crippen LogP contribution in [0.2, 0.25) is 5.15 Å². The molecule has 0 bridgehead atoms. The number of halogens is 3. The molecule has 18 heavy (non-hydrogen) atoms. The molecule has 2 aromatic rings. The molecule has 1 aromatic heterocycles. The summed E-state index contributed by atoms with van der Waals surface area (Å²) in [6.07, 6.45) is 0. The highest BCUT2D eigenvalue weighted by atomic mass is 79.9. The van der Waals surface area contributed by atoms with Crippen LogP contribution in [-0.2, 0) is 13.7 Å². The normalized spacial score (nSPS) is 10.7. The number of ether oxygens (including phenoxy) is 1. The minimum Gasteiger partial charge on any atom is -0.489 e. The van der Waals surface area contributed by atoms with Crippen molar-refractivity contribution in [3.63, 3.8) is 0 Å². The van der Waals surface area contributed by atoms with Crippen LogP contribution in [0.1, 0.15) is 11.3 Å². The van der Waals surface area contributed by atoms with Crippen LogP contribution in [0.25, 0.3) is 0 Å². The van der Waals surface area contributed by atoms with Gasteiger partial charge < -0.3 is 4.74 Å². The van der Waals surface area contributed by atoms with E-state index in [1.54, 1.807) is 23.9 Å². The molecule has 6 heteroatoms. The first-order valence-electron chi connectivity index (χ1n) is 5.25. The van der Waals surface area contributed by atoms with Gasteiger partial charge in [0.05, 0.1) is 10.2 Å². The van der Waals surface area contributed by atoms with E-state index in [2.05, 4.69) is 21.0 Å². The van der Waals surface area contributed by atoms with Crippen LogP contribution >= 0.6 is 27.5 Å². The lowest BCUT2D eigenvalue weighted by atomic mass is 10.3. The standard InChI is InChI=1S/C12H11BrClFN2O/c1-7-9(12(14)17(2)16-7)6-18-8-3-4-10(13)11(15)5-8/h3-5H,6H2,1-2H3. The molecule has 1 heterocycles. The lowest BCUT2D eigenvalue weighted by molar-refractivity contribution is 0.303. The number of nitrogens with zero attached hydrogens (tertiary/aromatic N) is 2. The molecule has 1 aromatic carbocycles. The van der Waals surface area contributed by atoms with E-state index in [0.717, 1.165) is 11.3 Å². The Morgan fingerprint density at radius 1 is 1.50 bits per heavy atom. The predicted octanol–water partition coefficient (Wildman–Crippen LogP) is 3.86. The third-order valence-electron chi connectivity index (χ3n) is 2.54. The molecular formula is C12H11BrClFN2O. The monoisotopic (exact) mass is 332 g/mol. The second-order valence-corrected chi connectivity index (χ2v) is 5.06. The first-order valence-corrected chi connectivity index (χ1v) is 6.42. The first kappa shape index (κ1) is 13.4. The molecule has 0 atom stereocenters. The number of aryl methyl sites for hydroxylation is 2. The molecule has 2 rings (SSSR count). The summed E-state index contributed by atoms with van der Waals surface area (Å²) in [6, 6.07) is 4.61. The van der Waals surface area contributed by atoms with Crippen LogP contribution in [0.15, 0.2) is 22.7 Å². The summed E-state index contributed by atoms with van der Waals surface area (Å²) in [4.78, 5) is 0. The van der Waals surface area contributed by atoms with Crippen molar-refractivity contribution in [3.05, 3.63) is 44.9 Å².